The molecule has 0 amide bonds. The van der Waals surface area contributed by atoms with Gasteiger partial charge in [-0.1, -0.05) is 201 Å². The lowest BCUT2D eigenvalue weighted by Gasteiger charge is -2.40. The highest BCUT2D eigenvalue weighted by atomic mass is 14.4. The van der Waals surface area contributed by atoms with Crippen molar-refractivity contribution in [3.63, 3.8) is 0 Å². The van der Waals surface area contributed by atoms with Crippen molar-refractivity contribution in [2.45, 2.75) is 381 Å². The molecule has 0 heteroatoms. The fourth-order valence-corrected chi connectivity index (χ4v) is 18.1. The van der Waals surface area contributed by atoms with E-state index in [-0.39, 0.29) is 68.0 Å². The maximum Gasteiger partial charge on any atom is 0.0306 e. The molecule has 0 aromatic rings. The predicted octanol–water partition coefficient (Wildman–Crippen LogP) is 28.3. The van der Waals surface area contributed by atoms with E-state index in [4.69, 9.17) is 42.5 Å². The van der Waals surface area contributed by atoms with Crippen LogP contribution in [-0.4, -0.2) is 0 Å². The van der Waals surface area contributed by atoms with Crippen molar-refractivity contribution >= 4 is 0 Å². The summed E-state index contributed by atoms with van der Waals surface area (Å²) in [4.78, 5) is 0. The van der Waals surface area contributed by atoms with Gasteiger partial charge in [-0.05, 0) is 345 Å². The summed E-state index contributed by atoms with van der Waals surface area (Å²) >= 11 is 0. The fraction of sp³-hybridized carbons (Fsp3) is 1.00. The quantitative estimate of drug-likeness (QED) is 0.227. The van der Waals surface area contributed by atoms with Gasteiger partial charge in [0.15, 0.2) is 0 Å². The van der Waals surface area contributed by atoms with E-state index in [1.165, 1.54) is 59.8 Å². The van der Waals surface area contributed by atoms with Gasteiger partial charge in [0, 0.05) is 42.5 Å². The van der Waals surface area contributed by atoms with E-state index < -0.39 is 112 Å². The van der Waals surface area contributed by atoms with E-state index >= 15 is 0 Å². The minimum Gasteiger partial charge on any atom is -0.0776 e. The second-order valence-corrected chi connectivity index (χ2v) is 32.2. The van der Waals surface area contributed by atoms with Crippen LogP contribution in [0.1, 0.15) is 423 Å². The maximum atomic E-state index is 8.59. The van der Waals surface area contributed by atoms with Gasteiger partial charge in [-0.25, -0.2) is 0 Å². The van der Waals surface area contributed by atoms with Gasteiger partial charge < -0.3 is 0 Å². The smallest absolute Gasteiger partial charge is 0.0306 e. The Hall–Kier alpha value is 0. The Bertz CT molecular complexity index is 3050. The minimum atomic E-state index is -2.97. The van der Waals surface area contributed by atoms with Crippen molar-refractivity contribution in [2.75, 3.05) is 0 Å². The number of hydrogen-bond donors (Lipinski definition) is 0. The molecule has 31 unspecified atom stereocenters. The van der Waals surface area contributed by atoms with E-state index in [2.05, 4.69) is 62.3 Å². The average molecular weight is 1230 g/mol. The predicted molar refractivity (Wildman–Crippen MR) is 385 cm³/mol. The Morgan fingerprint density at radius 2 is 0.593 bits per heavy atom. The number of fused-ring (bicyclic) bond motifs is 7. The Morgan fingerprint density at radius 3 is 1.19 bits per heavy atom. The molecule has 0 radical (unpaired) electrons. The molecule has 86 heavy (non-hydrogen) atoms. The fourth-order valence-electron chi connectivity index (χ4n) is 18.1. The first kappa shape index (κ1) is 41.7. The summed E-state index contributed by atoms with van der Waals surface area (Å²) in [6, 6.07) is 0. The Kier molecular flexibility index (Phi) is 18.3. The Morgan fingerprint density at radius 1 is 0.233 bits per heavy atom. The van der Waals surface area contributed by atoms with Crippen molar-refractivity contribution in [1.29, 1.82) is 0 Å². The molecule has 0 aromatic heterocycles. The summed E-state index contributed by atoms with van der Waals surface area (Å²) in [5.41, 5.74) is 0. The Balaban J connectivity index is 0.000000211. The van der Waals surface area contributed by atoms with Crippen molar-refractivity contribution in [1.82, 2.24) is 0 Å². The lowest BCUT2D eigenvalue weighted by atomic mass is 9.65. The van der Waals surface area contributed by atoms with Gasteiger partial charge in [-0.2, -0.15) is 0 Å². The first-order chi connectivity index (χ1) is 53.2. The summed E-state index contributed by atoms with van der Waals surface area (Å²) < 4.78 is 246. The molecule has 14 aliphatic rings. The first-order valence-corrected chi connectivity index (χ1v) is 36.6. The highest BCUT2D eigenvalue weighted by molar-refractivity contribution is 4.90. The lowest BCUT2D eigenvalue weighted by molar-refractivity contribution is 0.109. The zero-order chi connectivity index (χ0) is 89.7. The van der Waals surface area contributed by atoms with Gasteiger partial charge in [-0.3, -0.25) is 0 Å². The molecule has 14 saturated carbocycles. The molecular formula is C86H162. The topological polar surface area (TPSA) is 0 Å². The highest BCUT2D eigenvalue weighted by Gasteiger charge is 2.39. The molecule has 14 rings (SSSR count). The monoisotopic (exact) mass is 1230 g/mol. The van der Waals surface area contributed by atoms with Crippen LogP contribution in [0.5, 0.6) is 0 Å². The maximum absolute atomic E-state index is 8.59. The van der Waals surface area contributed by atoms with Gasteiger partial charge in [0.1, 0.15) is 0 Å². The van der Waals surface area contributed by atoms with Crippen molar-refractivity contribution in [3.05, 3.63) is 0 Å². The van der Waals surface area contributed by atoms with Crippen LogP contribution in [0.4, 0.5) is 0 Å². The summed E-state index contributed by atoms with van der Waals surface area (Å²) in [6.07, 6.45) is 7.23. The third-order valence-corrected chi connectivity index (χ3v) is 23.3. The average Bonchev–Trinajstić information content (AvgIpc) is 0.661. The largest absolute Gasteiger partial charge is 0.0776 e. The molecular weight excluding hydrogens is 1030 g/mol. The van der Waals surface area contributed by atoms with Crippen molar-refractivity contribution < 1.29 is 42.5 Å². The third kappa shape index (κ3) is 24.4. The van der Waals surface area contributed by atoms with Gasteiger partial charge in [-0.15, -0.1) is 0 Å². The molecule has 0 nitrogen and oxygen atoms in total. The standard InChI is InChI=1S/7C12H22.2CH4/c7*1-9-3-5-12-8-10(2)4-6-11(12)7-9;;/h7*9-12H,3-8H2,1-2H3;2*1H4/i3D2,4D2,5D2,7D2,8D2,12D;5D2,11D;5D,11D;3D2,7D2;3D2,7D;3D,7D2;5D2;1D2;1D. The summed E-state index contributed by atoms with van der Waals surface area (Å²) in [6.45, 7) is 28.1. The molecule has 0 aliphatic heterocycles. The van der Waals surface area contributed by atoms with E-state index in [1.54, 1.807) is 6.92 Å². The lowest BCUT2D eigenvalue weighted by Crippen LogP contribution is -2.29. The number of hydrogen-bond acceptors (Lipinski definition) is 0. The van der Waals surface area contributed by atoms with Gasteiger partial charge >= 0.3 is 0 Å². The molecule has 0 heterocycles. The molecule has 0 saturated heterocycles. The van der Waals surface area contributed by atoms with E-state index in [9.17, 15) is 0 Å². The second-order valence-electron chi connectivity index (χ2n) is 32.2. The molecule has 0 spiro atoms. The van der Waals surface area contributed by atoms with Crippen molar-refractivity contribution in [2.24, 2.45) is 166 Å². The summed E-state index contributed by atoms with van der Waals surface area (Å²) in [7, 11) is 1.00. The van der Waals surface area contributed by atoms with Crippen molar-refractivity contribution in [3.8, 4) is 0 Å². The van der Waals surface area contributed by atoms with Crippen LogP contribution >= 0.6 is 0 Å². The van der Waals surface area contributed by atoms with Crippen LogP contribution in [0.15, 0.2) is 0 Å². The van der Waals surface area contributed by atoms with Crippen LogP contribution < -0.4 is 0 Å². The number of rotatable bonds is 0. The van der Waals surface area contributed by atoms with E-state index in [0.717, 1.165) is 139 Å². The van der Waals surface area contributed by atoms with Gasteiger partial charge in [0.2, 0.25) is 0 Å². The van der Waals surface area contributed by atoms with Crippen LogP contribution in [0.2, 0.25) is 0 Å². The van der Waals surface area contributed by atoms with Gasteiger partial charge in [0.25, 0.3) is 0 Å². The van der Waals surface area contributed by atoms with E-state index in [1.807, 2.05) is 13.8 Å². The zero-order valence-corrected chi connectivity index (χ0v) is 58.7. The Labute approximate surface area is 587 Å². The van der Waals surface area contributed by atoms with Crippen LogP contribution in [0.25, 0.3) is 0 Å². The van der Waals surface area contributed by atoms with Crippen LogP contribution in [0, 0.1) is 166 Å². The van der Waals surface area contributed by atoms with Gasteiger partial charge in [0.05, 0.1) is 0 Å². The third-order valence-electron chi connectivity index (χ3n) is 23.3. The summed E-state index contributed by atoms with van der Waals surface area (Å²) in [5.74, 6) is 0.688. The molecule has 0 N–H and O–H groups in total. The zero-order valence-electron chi connectivity index (χ0n) is 89.7. The SMILES string of the molecule is [2H]C.[2H]C1([2H])CC(C)CC2([2H])CCC(C)CC12.[2H]C1([2H])CC(C)CC2CCC(C)CC21.[2H]C1([2H])CC2C([2H])([2H])C(C)C([2H])([2H])C([2H])([2H])C2([2H])C([2H])([2H])C1C.[2H]C1([2H])CC2CC(C)CCC2C([2H])([2H])C1C.[2H]C1C2CCC(C)CC2CC([2H])([2H])C1C.[2H]C1CC(C)CC2([2H])CCC(C)CC12.[2H]C1CC2CC(C)CCC2C([2H])([2H])C1C.[2H]C[2H]. The van der Waals surface area contributed by atoms with E-state index in [0.29, 0.717) is 84.4 Å². The molecule has 506 valence electrons. The summed E-state index contributed by atoms with van der Waals surface area (Å²) in [5, 5.41) is 0. The molecule has 0 bridgehead atoms. The van der Waals surface area contributed by atoms with Crippen LogP contribution in [0.3, 0.4) is 0 Å². The second kappa shape index (κ2) is 37.8. The molecule has 0 aromatic carbocycles. The highest BCUT2D eigenvalue weighted by Crippen LogP contribution is 2.50. The molecule has 14 aliphatic carbocycles. The van der Waals surface area contributed by atoms with Crippen LogP contribution in [-0.2, 0) is 0 Å². The molecule has 31 atom stereocenters. The minimum absolute atomic E-state index is 0.0232. The first-order valence-electron chi connectivity index (χ1n) is 53.2. The normalized spacial score (nSPS) is 64.1. The molecule has 14 fully saturated rings.